The zero-order valence-electron chi connectivity index (χ0n) is 45.4. The lowest BCUT2D eigenvalue weighted by Gasteiger charge is -2.71. The van der Waals surface area contributed by atoms with Crippen molar-refractivity contribution >= 4 is 273 Å². The largest absolute Gasteiger partial charge is 0.439 e. The number of rotatable bonds is 44. The normalized spacial score (nSPS) is 19.6. The van der Waals surface area contributed by atoms with Crippen molar-refractivity contribution < 1.29 is 154 Å². The smallest absolute Gasteiger partial charge is 0.420 e. The van der Waals surface area contributed by atoms with Gasteiger partial charge in [0.2, 0.25) is 108 Å². The second-order valence-corrected chi connectivity index (χ2v) is 169. The van der Waals surface area contributed by atoms with Gasteiger partial charge in [0, 0.05) is 13.5 Å². The van der Waals surface area contributed by atoms with Gasteiger partial charge in [-0.15, -0.1) is 0 Å². The van der Waals surface area contributed by atoms with Crippen LogP contribution in [-0.2, 0) is 49.7 Å². The van der Waals surface area contributed by atoms with Crippen LogP contribution in [0.1, 0.15) is 6.42 Å². The van der Waals surface area contributed by atoms with Gasteiger partial charge in [-0.05, 0) is 84.6 Å². The van der Waals surface area contributed by atoms with Crippen LogP contribution >= 0.6 is 0 Å². The Balaban J connectivity index is 13.6. The van der Waals surface area contributed by atoms with E-state index in [1.54, 1.807) is 19.6 Å². The first-order valence-electron chi connectivity index (χ1n) is 22.1. The number of halogens is 3. The van der Waals surface area contributed by atoms with E-state index < -0.39 is 282 Å². The third-order valence-electron chi connectivity index (χ3n) is 11.2. The van der Waals surface area contributed by atoms with E-state index in [-0.39, 0.29) is 0 Å². The molecule has 0 spiro atoms. The van der Waals surface area contributed by atoms with Crippen molar-refractivity contribution in [2.24, 2.45) is 0 Å². The van der Waals surface area contributed by atoms with Crippen LogP contribution in [0.3, 0.4) is 0 Å². The van der Waals surface area contributed by atoms with E-state index in [4.69, 9.17) is 49.7 Å². The lowest BCUT2D eigenvalue weighted by atomic mass is 10.5. The zero-order valence-corrected chi connectivity index (χ0v) is 77.4. The van der Waals surface area contributed by atoms with E-state index in [9.17, 15) is 104 Å². The van der Waals surface area contributed by atoms with Crippen LogP contribution in [0.4, 0.5) is 13.2 Å². The van der Waals surface area contributed by atoms with E-state index >= 15 is 0 Å². The first-order chi connectivity index (χ1) is 37.2. The van der Waals surface area contributed by atoms with E-state index in [0.717, 1.165) is 52.9 Å². The summed E-state index contributed by atoms with van der Waals surface area (Å²) in [6.45, 7) is -25.3. The van der Waals surface area contributed by atoms with E-state index in [2.05, 4.69) is 9.76 Å². The Labute approximate surface area is 526 Å². The van der Waals surface area contributed by atoms with Gasteiger partial charge in [0.15, 0.2) is 16.2 Å². The summed E-state index contributed by atoms with van der Waals surface area (Å²) in [6.07, 6.45) is -7.10. The molecule has 7 atom stereocenters. The average molecular weight is 1710 g/mol. The fourth-order valence-electron chi connectivity index (χ4n) is 8.13. The molecule has 461 valence electrons. The molecule has 0 aliphatic rings. The predicted octanol–water partition coefficient (Wildman–Crippen LogP) is -14.5. The molecule has 0 aromatic heterocycles. The number of hydrogen-bond acceptors (Lipinski definition) is 31. The maximum Gasteiger partial charge on any atom is 0.420 e. The van der Waals surface area contributed by atoms with Crippen LogP contribution in [0, 0.1) is 0 Å². The molecule has 0 aliphatic carbocycles. The van der Waals surface area contributed by atoms with E-state index in [1.165, 1.54) is 13.1 Å². The molecule has 82 heavy (non-hydrogen) atoms. The summed E-state index contributed by atoms with van der Waals surface area (Å²) in [4.78, 5) is 234. The van der Waals surface area contributed by atoms with Crippen LogP contribution in [-0.4, -0.2) is 378 Å². The monoisotopic (exact) mass is 1700 g/mol. The Kier molecular flexibility index (Phi) is 36.2. The topological polar surface area (TPSA) is 495 Å². The average Bonchev–Trinajstić information content (AvgIpc) is 3.35. The fraction of sp³-hybridized carbons (Fsp3) is 1.00. The standard InChI is InChI=1S/C16H62F3O31Si32/c1-39-73(51,57-25)48-82(79(64-32,65-33)46-68(5,6)35,80(66-34,44-56-24)70(9,10)37)76(47-71(11,12)45-67(2,3)4,49-74(58-26,40-52-20)69(7,8)36)81(77(60-28,61-29)42-54-22,78(62-30,63-31)43-55-23)50-75(59-27,41-53-21)72(13,38)15-14-16(17,18)19/h20-38H,14-15H2,1-13H3. The Bertz CT molecular complexity index is 1880. The third-order valence-corrected chi connectivity index (χ3v) is 277. The molecule has 0 aromatic carbocycles. The Morgan fingerprint density at radius 2 is 0.817 bits per heavy atom. The van der Waals surface area contributed by atoms with Gasteiger partial charge in [-0.3, -0.25) is 0 Å². The summed E-state index contributed by atoms with van der Waals surface area (Å²) in [7, 11) is -81.3. The van der Waals surface area contributed by atoms with Crippen LogP contribution in [0.25, 0.3) is 0 Å². The van der Waals surface area contributed by atoms with Crippen molar-refractivity contribution in [1.82, 2.24) is 0 Å². The summed E-state index contributed by atoms with van der Waals surface area (Å²) < 4.78 is 126. The van der Waals surface area contributed by atoms with Gasteiger partial charge in [0.25, 0.3) is 41.6 Å². The molecule has 0 fully saturated rings. The Morgan fingerprint density at radius 3 is 1.10 bits per heavy atom. The molecule has 0 amide bonds. The zero-order chi connectivity index (χ0) is 65.0. The van der Waals surface area contributed by atoms with Gasteiger partial charge in [-0.25, -0.2) is 0 Å². The van der Waals surface area contributed by atoms with Crippen molar-refractivity contribution in [3.63, 3.8) is 0 Å². The molecule has 7 unspecified atom stereocenters. The van der Waals surface area contributed by atoms with E-state index in [0.29, 0.717) is 0 Å². The molecule has 31 nitrogen and oxygen atoms in total. The number of alkyl halides is 3. The maximum absolute atomic E-state index is 14.6. The summed E-state index contributed by atoms with van der Waals surface area (Å²) in [5.41, 5.74) is 0. The van der Waals surface area contributed by atoms with Crippen molar-refractivity contribution in [3.8, 4) is 0 Å². The molecule has 0 aliphatic heterocycles. The maximum atomic E-state index is 14.6. The van der Waals surface area contributed by atoms with Gasteiger partial charge >= 0.3 is 104 Å². The molecular weight excluding hydrogens is 1640 g/mol. The van der Waals surface area contributed by atoms with Crippen molar-refractivity contribution in [2.75, 3.05) is 7.11 Å². The molecule has 0 rings (SSSR count). The number of hydrogen-bond donors (Lipinski definition) is 19. The third kappa shape index (κ3) is 18.3. The van der Waals surface area contributed by atoms with Gasteiger partial charge < -0.3 is 141 Å². The van der Waals surface area contributed by atoms with Crippen LogP contribution < -0.4 is 0 Å². The lowest BCUT2D eigenvalue weighted by Crippen LogP contribution is -3.14. The SMILES string of the molecule is CO[Si]([Si])(O[Si]([Si](O[Si](C)(C)O)([Si]O)[Si]O)([Si](O[Si](C)(C)O[Si](C)(C)C)(O[Si](O[Si]O)([Si]O)[Si](C)(C)O)[Si](O[Si](O[Si]O)([Si]O)[Si](C)(O)CCC(F)(F)F)([Si](O[Si]O)([Si]O)[Si]O)[Si](O[Si]O)([Si]O)[Si]O)[Si](O[Si]O)([Si]O)[Si](C)(C)O)[Si]O. The van der Waals surface area contributed by atoms with Crippen LogP contribution in [0.2, 0.25) is 84.6 Å². The minimum atomic E-state index is -7.58. The molecule has 0 aromatic rings. The van der Waals surface area contributed by atoms with Gasteiger partial charge in [-0.2, -0.15) is 13.2 Å². The molecule has 0 heterocycles. The molecule has 66 heteroatoms. The Hall–Kier alpha value is 5.49. The summed E-state index contributed by atoms with van der Waals surface area (Å²) in [6, 6.07) is -1.46. The molecule has 0 saturated heterocycles. The van der Waals surface area contributed by atoms with Crippen LogP contribution in [0.5, 0.6) is 0 Å². The molecular formula is C16H62F3O31Si32. The second-order valence-electron chi connectivity index (χ2n) is 19.9. The summed E-state index contributed by atoms with van der Waals surface area (Å²) in [5.74, 6) is 0. The summed E-state index contributed by atoms with van der Waals surface area (Å²) in [5, 5.41) is 0. The van der Waals surface area contributed by atoms with Crippen molar-refractivity contribution in [2.45, 2.75) is 97.2 Å². The van der Waals surface area contributed by atoms with Gasteiger partial charge in [0.1, 0.15) is 0 Å². The van der Waals surface area contributed by atoms with Gasteiger partial charge in [0.05, 0.1) is 9.76 Å². The molecule has 33 radical (unpaired) electrons. The molecule has 19 N–H and O–H groups in total. The fourth-order valence-corrected chi connectivity index (χ4v) is 466. The minimum Gasteiger partial charge on any atom is -0.439 e. The first kappa shape index (κ1) is 87.5. The highest BCUT2D eigenvalue weighted by atomic mass is 30.5. The van der Waals surface area contributed by atoms with Crippen LogP contribution in [0.15, 0.2) is 0 Å². The summed E-state index contributed by atoms with van der Waals surface area (Å²) >= 11 is 0. The Morgan fingerprint density at radius 1 is 0.415 bits per heavy atom. The first-order valence-corrected chi connectivity index (χ1v) is 92.7. The quantitative estimate of drug-likeness (QED) is 0.0252. The van der Waals surface area contributed by atoms with E-state index in [1.807, 2.05) is 0 Å². The highest BCUT2D eigenvalue weighted by Gasteiger charge is 3.01. The molecule has 0 saturated carbocycles. The highest BCUT2D eigenvalue weighted by Crippen LogP contribution is 2.55. The van der Waals surface area contributed by atoms with Crippen molar-refractivity contribution in [3.05, 3.63) is 0 Å². The van der Waals surface area contributed by atoms with Gasteiger partial charge in [-0.1, -0.05) is 0 Å². The molecule has 0 bridgehead atoms. The minimum absolute atomic E-state index is 0.745. The van der Waals surface area contributed by atoms with Crippen molar-refractivity contribution in [1.29, 1.82) is 0 Å². The highest BCUT2D eigenvalue weighted by molar-refractivity contribution is 8.24. The predicted molar refractivity (Wildman–Crippen MR) is 331 cm³/mol. The lowest BCUT2D eigenvalue weighted by molar-refractivity contribution is -0.131. The second kappa shape index (κ2) is 33.9.